The number of hydrogen-bond acceptors (Lipinski definition) is 3. The highest BCUT2D eigenvalue weighted by atomic mass is 16.5. The molecule has 1 atom stereocenters. The largest absolute Gasteiger partial charge is 0.468 e. The maximum atomic E-state index is 11.8. The van der Waals surface area contributed by atoms with Crippen LogP contribution in [0.15, 0.2) is 24.3 Å². The second kappa shape index (κ2) is 3.74. The third-order valence-corrected chi connectivity index (χ3v) is 3.19. The van der Waals surface area contributed by atoms with Crippen LogP contribution in [0, 0.1) is 0 Å². The zero-order valence-corrected chi connectivity index (χ0v) is 9.45. The van der Waals surface area contributed by atoms with E-state index in [-0.39, 0.29) is 18.2 Å². The van der Waals surface area contributed by atoms with E-state index < -0.39 is 5.41 Å². The summed E-state index contributed by atoms with van der Waals surface area (Å²) in [6.45, 7) is 1.77. The number of esters is 1. The SMILES string of the molecule is COC(=O)[C@]1(C)CC(=O)Cc2ccccc21. The molecule has 1 aliphatic carbocycles. The van der Waals surface area contributed by atoms with E-state index in [0.717, 1.165) is 11.1 Å². The maximum absolute atomic E-state index is 11.8. The van der Waals surface area contributed by atoms with Crippen LogP contribution in [0.25, 0.3) is 0 Å². The highest BCUT2D eigenvalue weighted by Crippen LogP contribution is 2.36. The third-order valence-electron chi connectivity index (χ3n) is 3.19. The molecular formula is C13H14O3. The van der Waals surface area contributed by atoms with E-state index >= 15 is 0 Å². The Morgan fingerprint density at radius 1 is 1.38 bits per heavy atom. The summed E-state index contributed by atoms with van der Waals surface area (Å²) < 4.78 is 4.81. The van der Waals surface area contributed by atoms with Crippen LogP contribution in [-0.2, 0) is 26.2 Å². The molecule has 0 N–H and O–H groups in total. The number of rotatable bonds is 1. The number of ketones is 1. The van der Waals surface area contributed by atoms with E-state index in [1.165, 1.54) is 7.11 Å². The minimum Gasteiger partial charge on any atom is -0.468 e. The Hall–Kier alpha value is -1.64. The van der Waals surface area contributed by atoms with Crippen molar-refractivity contribution in [3.63, 3.8) is 0 Å². The molecule has 16 heavy (non-hydrogen) atoms. The molecule has 0 radical (unpaired) electrons. The van der Waals surface area contributed by atoms with Crippen LogP contribution in [0.1, 0.15) is 24.5 Å². The monoisotopic (exact) mass is 218 g/mol. The number of fused-ring (bicyclic) bond motifs is 1. The molecule has 84 valence electrons. The predicted octanol–water partition coefficient (Wildman–Crippen LogP) is 1.63. The van der Waals surface area contributed by atoms with Crippen molar-refractivity contribution in [2.45, 2.75) is 25.2 Å². The molecule has 0 saturated carbocycles. The van der Waals surface area contributed by atoms with Gasteiger partial charge in [0.05, 0.1) is 12.5 Å². The molecular weight excluding hydrogens is 204 g/mol. The molecule has 0 saturated heterocycles. The molecule has 0 amide bonds. The summed E-state index contributed by atoms with van der Waals surface area (Å²) >= 11 is 0. The summed E-state index contributed by atoms with van der Waals surface area (Å²) in [5, 5.41) is 0. The lowest BCUT2D eigenvalue weighted by Gasteiger charge is -2.32. The molecule has 1 aliphatic rings. The number of carbonyl (C=O) groups excluding carboxylic acids is 2. The Balaban J connectivity index is 2.56. The van der Waals surface area contributed by atoms with Crippen molar-refractivity contribution in [1.82, 2.24) is 0 Å². The van der Waals surface area contributed by atoms with E-state index in [1.54, 1.807) is 6.92 Å². The van der Waals surface area contributed by atoms with Crippen LogP contribution in [0.3, 0.4) is 0 Å². The first kappa shape index (κ1) is 10.9. The Bertz CT molecular complexity index is 450. The first-order chi connectivity index (χ1) is 7.58. The molecule has 1 aromatic rings. The molecule has 3 nitrogen and oxygen atoms in total. The van der Waals surface area contributed by atoms with Crippen molar-refractivity contribution in [2.24, 2.45) is 0 Å². The Morgan fingerprint density at radius 3 is 2.75 bits per heavy atom. The Kier molecular flexibility index (Phi) is 2.54. The van der Waals surface area contributed by atoms with Gasteiger partial charge in [0, 0.05) is 12.8 Å². The lowest BCUT2D eigenvalue weighted by Crippen LogP contribution is -2.40. The zero-order chi connectivity index (χ0) is 11.8. The van der Waals surface area contributed by atoms with Gasteiger partial charge in [-0.1, -0.05) is 24.3 Å². The van der Waals surface area contributed by atoms with E-state index in [2.05, 4.69) is 0 Å². The molecule has 2 rings (SSSR count). The zero-order valence-electron chi connectivity index (χ0n) is 9.45. The highest BCUT2D eigenvalue weighted by Gasteiger charge is 2.42. The van der Waals surface area contributed by atoms with Gasteiger partial charge in [-0.15, -0.1) is 0 Å². The number of methoxy groups -OCH3 is 1. The molecule has 3 heteroatoms. The van der Waals surface area contributed by atoms with Crippen LogP contribution in [0.5, 0.6) is 0 Å². The fraction of sp³-hybridized carbons (Fsp3) is 0.385. The molecule has 0 aliphatic heterocycles. The van der Waals surface area contributed by atoms with Gasteiger partial charge in [0.1, 0.15) is 5.78 Å². The van der Waals surface area contributed by atoms with Gasteiger partial charge in [0.15, 0.2) is 0 Å². The summed E-state index contributed by atoms with van der Waals surface area (Å²) in [5.74, 6) is -0.250. The van der Waals surface area contributed by atoms with Gasteiger partial charge in [-0.25, -0.2) is 0 Å². The van der Waals surface area contributed by atoms with Crippen LogP contribution in [0.2, 0.25) is 0 Å². The van der Waals surface area contributed by atoms with Crippen molar-refractivity contribution in [2.75, 3.05) is 7.11 Å². The smallest absolute Gasteiger partial charge is 0.316 e. The van der Waals surface area contributed by atoms with Crippen molar-refractivity contribution >= 4 is 11.8 Å². The lowest BCUT2D eigenvalue weighted by atomic mass is 9.71. The number of Topliss-reactive ketones (excluding diaryl/α,β-unsaturated/α-hetero) is 1. The van der Waals surface area contributed by atoms with Crippen molar-refractivity contribution < 1.29 is 14.3 Å². The second-order valence-electron chi connectivity index (χ2n) is 4.37. The van der Waals surface area contributed by atoms with Gasteiger partial charge in [-0.05, 0) is 18.1 Å². The fourth-order valence-electron chi connectivity index (χ4n) is 2.38. The van der Waals surface area contributed by atoms with Gasteiger partial charge in [0.2, 0.25) is 0 Å². The topological polar surface area (TPSA) is 43.4 Å². The van der Waals surface area contributed by atoms with Gasteiger partial charge in [-0.3, -0.25) is 9.59 Å². The minimum atomic E-state index is -0.819. The van der Waals surface area contributed by atoms with E-state index in [9.17, 15) is 9.59 Å². The molecule has 0 spiro atoms. The minimum absolute atomic E-state index is 0.0894. The average molecular weight is 218 g/mol. The maximum Gasteiger partial charge on any atom is 0.316 e. The van der Waals surface area contributed by atoms with E-state index in [0.29, 0.717) is 6.42 Å². The molecule has 0 fully saturated rings. The quantitative estimate of drug-likeness (QED) is 0.673. The second-order valence-corrected chi connectivity index (χ2v) is 4.37. The number of hydrogen-bond donors (Lipinski definition) is 0. The average Bonchev–Trinajstić information content (AvgIpc) is 2.27. The van der Waals surface area contributed by atoms with Crippen LogP contribution < -0.4 is 0 Å². The standard InChI is InChI=1S/C13H14O3/c1-13(12(15)16-2)8-10(14)7-9-5-3-4-6-11(9)13/h3-6H,7-8H2,1-2H3/t13-/m1/s1. The van der Waals surface area contributed by atoms with Crippen LogP contribution in [-0.4, -0.2) is 18.9 Å². The summed E-state index contributed by atoms with van der Waals surface area (Å²) in [5.41, 5.74) is 1.04. The first-order valence-electron chi connectivity index (χ1n) is 5.26. The Labute approximate surface area is 94.4 Å². The summed E-state index contributed by atoms with van der Waals surface area (Å²) in [6.07, 6.45) is 0.652. The lowest BCUT2D eigenvalue weighted by molar-refractivity contribution is -0.149. The van der Waals surface area contributed by atoms with E-state index in [1.807, 2.05) is 24.3 Å². The molecule has 0 bridgehead atoms. The fourth-order valence-corrected chi connectivity index (χ4v) is 2.38. The first-order valence-corrected chi connectivity index (χ1v) is 5.26. The van der Waals surface area contributed by atoms with E-state index in [4.69, 9.17) is 4.74 Å². The summed E-state index contributed by atoms with van der Waals surface area (Å²) in [6, 6.07) is 7.57. The van der Waals surface area contributed by atoms with Crippen LogP contribution >= 0.6 is 0 Å². The number of ether oxygens (including phenoxy) is 1. The van der Waals surface area contributed by atoms with Gasteiger partial charge < -0.3 is 4.74 Å². The molecule has 0 aromatic heterocycles. The molecule has 1 aromatic carbocycles. The third kappa shape index (κ3) is 1.52. The Morgan fingerprint density at radius 2 is 2.06 bits per heavy atom. The highest BCUT2D eigenvalue weighted by molar-refractivity contribution is 5.95. The molecule has 0 unspecified atom stereocenters. The van der Waals surface area contributed by atoms with Crippen molar-refractivity contribution in [1.29, 1.82) is 0 Å². The van der Waals surface area contributed by atoms with Gasteiger partial charge >= 0.3 is 5.97 Å². The van der Waals surface area contributed by atoms with Crippen LogP contribution in [0.4, 0.5) is 0 Å². The number of benzene rings is 1. The van der Waals surface area contributed by atoms with Gasteiger partial charge in [0.25, 0.3) is 0 Å². The number of carbonyl (C=O) groups is 2. The van der Waals surface area contributed by atoms with Gasteiger partial charge in [-0.2, -0.15) is 0 Å². The summed E-state index contributed by atoms with van der Waals surface area (Å²) in [4.78, 5) is 23.5. The normalized spacial score (nSPS) is 23.8. The van der Waals surface area contributed by atoms with Crippen molar-refractivity contribution in [3.8, 4) is 0 Å². The van der Waals surface area contributed by atoms with Crippen molar-refractivity contribution in [3.05, 3.63) is 35.4 Å². The molecule has 0 heterocycles. The predicted molar refractivity (Wildman–Crippen MR) is 59.1 cm³/mol. The summed E-state index contributed by atoms with van der Waals surface area (Å²) in [7, 11) is 1.36.